The van der Waals surface area contributed by atoms with Crippen LogP contribution in [0.5, 0.6) is 0 Å². The van der Waals surface area contributed by atoms with Gasteiger partial charge in [-0.2, -0.15) is 14.6 Å². The maximum Gasteiger partial charge on any atom is 0.330 e. The second-order valence-electron chi connectivity index (χ2n) is 9.34. The molecule has 1 aromatic carbocycles. The fourth-order valence-electron chi connectivity index (χ4n) is 5.05. The van der Waals surface area contributed by atoms with Gasteiger partial charge in [0.15, 0.2) is 11.4 Å². The Hall–Kier alpha value is -3.97. The number of nitrogen functional groups attached to an aromatic ring is 1. The molecule has 1 fully saturated rings. The number of halogens is 1. The Morgan fingerprint density at radius 2 is 1.92 bits per heavy atom. The number of benzene rings is 1. The highest BCUT2D eigenvalue weighted by molar-refractivity contribution is 7.84. The van der Waals surface area contributed by atoms with Crippen molar-refractivity contribution in [1.29, 1.82) is 0 Å². The normalized spacial score (nSPS) is 15.6. The lowest BCUT2D eigenvalue weighted by Crippen LogP contribution is -2.47. The summed E-state index contributed by atoms with van der Waals surface area (Å²) in [5.41, 5.74) is 8.99. The molecule has 11 nitrogen and oxygen atoms in total. The summed E-state index contributed by atoms with van der Waals surface area (Å²) in [4.78, 5) is 22.4. The summed E-state index contributed by atoms with van der Waals surface area (Å²) < 4.78 is 36.5. The molecule has 0 spiro atoms. The van der Waals surface area contributed by atoms with Crippen LogP contribution >= 0.6 is 0 Å². The van der Waals surface area contributed by atoms with Crippen molar-refractivity contribution in [3.05, 3.63) is 59.0 Å². The number of imidazole rings is 1. The largest absolute Gasteiger partial charge is 0.463 e. The Labute approximate surface area is 219 Å². The van der Waals surface area contributed by atoms with Crippen molar-refractivity contribution < 1.29 is 13.0 Å². The van der Waals surface area contributed by atoms with Gasteiger partial charge in [-0.1, -0.05) is 0 Å². The van der Waals surface area contributed by atoms with E-state index in [4.69, 9.17) is 10.2 Å². The smallest absolute Gasteiger partial charge is 0.330 e. The number of piperazine rings is 1. The number of aromatic nitrogens is 5. The van der Waals surface area contributed by atoms with Crippen molar-refractivity contribution in [3.8, 4) is 11.5 Å². The first-order valence-electron chi connectivity index (χ1n) is 12.2. The predicted molar refractivity (Wildman–Crippen MR) is 143 cm³/mol. The van der Waals surface area contributed by atoms with Crippen molar-refractivity contribution in [2.75, 3.05) is 49.6 Å². The molecule has 38 heavy (non-hydrogen) atoms. The molecular formula is C25H27FN8O3S. The number of furan rings is 1. The molecule has 2 N–H and O–H groups in total. The van der Waals surface area contributed by atoms with E-state index in [0.29, 0.717) is 64.9 Å². The maximum absolute atomic E-state index is 14.6. The molecule has 0 saturated carbocycles. The van der Waals surface area contributed by atoms with Crippen molar-refractivity contribution in [2.45, 2.75) is 11.4 Å². The lowest BCUT2D eigenvalue weighted by atomic mass is 10.2. The molecule has 1 unspecified atom stereocenters. The summed E-state index contributed by atoms with van der Waals surface area (Å²) in [7, 11) is 0.490. The number of anilines is 2. The molecule has 1 aliphatic heterocycles. The van der Waals surface area contributed by atoms with Crippen LogP contribution in [0.1, 0.15) is 0 Å². The molecule has 13 heteroatoms. The van der Waals surface area contributed by atoms with Gasteiger partial charge in [0.25, 0.3) is 0 Å². The molecule has 5 aromatic rings. The van der Waals surface area contributed by atoms with Gasteiger partial charge in [0, 0.05) is 68.3 Å². The number of rotatable bonds is 6. The van der Waals surface area contributed by atoms with Gasteiger partial charge in [0.05, 0.1) is 17.5 Å². The minimum absolute atomic E-state index is 0.179. The third-order valence-corrected chi connectivity index (χ3v) is 8.01. The van der Waals surface area contributed by atoms with E-state index >= 15 is 0 Å². The van der Waals surface area contributed by atoms with Crippen molar-refractivity contribution in [2.24, 2.45) is 7.05 Å². The highest BCUT2D eigenvalue weighted by Crippen LogP contribution is 2.26. The van der Waals surface area contributed by atoms with Gasteiger partial charge in [-0.15, -0.1) is 0 Å². The summed E-state index contributed by atoms with van der Waals surface area (Å²) in [6.45, 7) is 3.79. The van der Waals surface area contributed by atoms with Gasteiger partial charge >= 0.3 is 5.69 Å². The number of hydrogen-bond donors (Lipinski definition) is 1. The number of nitrogens with two attached hydrogens (primary N) is 1. The Morgan fingerprint density at radius 1 is 1.13 bits per heavy atom. The summed E-state index contributed by atoms with van der Waals surface area (Å²) in [6.07, 6.45) is 3.11. The van der Waals surface area contributed by atoms with E-state index in [0.717, 1.165) is 13.1 Å². The van der Waals surface area contributed by atoms with Crippen LogP contribution in [-0.4, -0.2) is 71.8 Å². The second kappa shape index (κ2) is 9.40. The molecule has 5 heterocycles. The molecule has 198 valence electrons. The van der Waals surface area contributed by atoms with Crippen LogP contribution in [0.15, 0.2) is 56.8 Å². The molecule has 0 radical (unpaired) electrons. The lowest BCUT2D eigenvalue weighted by molar-refractivity contribution is 0.247. The first-order valence-corrected chi connectivity index (χ1v) is 13.8. The van der Waals surface area contributed by atoms with E-state index in [1.54, 1.807) is 40.6 Å². The van der Waals surface area contributed by atoms with Gasteiger partial charge in [0.1, 0.15) is 17.0 Å². The SMILES string of the molecule is Cn1c(=O)n(CCN2CCN(c3ccc(S(C)=O)cc3F)CC2)c2nc(N)n3nc(-c4ccco4)cc3c21. The molecule has 6 rings (SSSR count). The average molecular weight is 539 g/mol. The van der Waals surface area contributed by atoms with E-state index in [-0.39, 0.29) is 17.5 Å². The van der Waals surface area contributed by atoms with Crippen molar-refractivity contribution in [3.63, 3.8) is 0 Å². The maximum atomic E-state index is 14.6. The first kappa shape index (κ1) is 24.4. The van der Waals surface area contributed by atoms with E-state index < -0.39 is 10.8 Å². The van der Waals surface area contributed by atoms with Gasteiger partial charge < -0.3 is 15.1 Å². The van der Waals surface area contributed by atoms with E-state index in [9.17, 15) is 13.4 Å². The summed E-state index contributed by atoms with van der Waals surface area (Å²) in [5.74, 6) is 0.415. The van der Waals surface area contributed by atoms with Gasteiger partial charge in [-0.25, -0.2) is 9.18 Å². The fraction of sp³-hybridized carbons (Fsp3) is 0.320. The topological polar surface area (TPSA) is 120 Å². The summed E-state index contributed by atoms with van der Waals surface area (Å²) in [5, 5.41) is 4.51. The Kier molecular flexibility index (Phi) is 6.03. The molecule has 0 amide bonds. The molecule has 1 saturated heterocycles. The quantitative estimate of drug-likeness (QED) is 0.348. The Morgan fingerprint density at radius 3 is 2.61 bits per heavy atom. The van der Waals surface area contributed by atoms with Crippen LogP contribution in [0.25, 0.3) is 28.1 Å². The van der Waals surface area contributed by atoms with Gasteiger partial charge in [-0.3, -0.25) is 18.2 Å². The van der Waals surface area contributed by atoms with Gasteiger partial charge in [0.2, 0.25) is 5.95 Å². The number of hydrogen-bond acceptors (Lipinski definition) is 8. The van der Waals surface area contributed by atoms with Gasteiger partial charge in [-0.05, 0) is 36.4 Å². The third kappa shape index (κ3) is 4.07. The van der Waals surface area contributed by atoms with Crippen LogP contribution < -0.4 is 16.3 Å². The van der Waals surface area contributed by atoms with Crippen LogP contribution in [-0.2, 0) is 24.4 Å². The third-order valence-electron chi connectivity index (χ3n) is 7.09. The van der Waals surface area contributed by atoms with Crippen molar-refractivity contribution >= 4 is 39.1 Å². The Bertz CT molecular complexity index is 1730. The van der Waals surface area contributed by atoms with E-state index in [1.165, 1.54) is 16.8 Å². The molecular weight excluding hydrogens is 511 g/mol. The molecule has 0 bridgehead atoms. The van der Waals surface area contributed by atoms with E-state index in [1.807, 2.05) is 17.0 Å². The summed E-state index contributed by atoms with van der Waals surface area (Å²) in [6, 6.07) is 10.2. The van der Waals surface area contributed by atoms with Crippen LogP contribution in [0.2, 0.25) is 0 Å². The first-order chi connectivity index (χ1) is 18.3. The van der Waals surface area contributed by atoms with E-state index in [2.05, 4.69) is 15.0 Å². The average Bonchev–Trinajstić information content (AvgIpc) is 3.63. The Balaban J connectivity index is 1.21. The van der Waals surface area contributed by atoms with Crippen molar-refractivity contribution in [1.82, 2.24) is 28.6 Å². The molecule has 1 aliphatic rings. The summed E-state index contributed by atoms with van der Waals surface area (Å²) >= 11 is 0. The zero-order chi connectivity index (χ0) is 26.6. The lowest BCUT2D eigenvalue weighted by Gasteiger charge is -2.36. The second-order valence-corrected chi connectivity index (χ2v) is 10.7. The van der Waals surface area contributed by atoms with Crippen LogP contribution in [0.3, 0.4) is 0 Å². The van der Waals surface area contributed by atoms with Crippen LogP contribution in [0.4, 0.5) is 16.0 Å². The highest BCUT2D eigenvalue weighted by Gasteiger charge is 2.23. The fourth-order valence-corrected chi connectivity index (χ4v) is 5.58. The van der Waals surface area contributed by atoms with Crippen LogP contribution in [0, 0.1) is 5.82 Å². The zero-order valence-corrected chi connectivity index (χ0v) is 21.8. The number of fused-ring (bicyclic) bond motifs is 3. The molecule has 1 atom stereocenters. The monoisotopic (exact) mass is 538 g/mol. The zero-order valence-electron chi connectivity index (χ0n) is 21.0. The minimum atomic E-state index is -1.22. The number of aryl methyl sites for hydroxylation is 1. The highest BCUT2D eigenvalue weighted by atomic mass is 32.2. The predicted octanol–water partition coefficient (Wildman–Crippen LogP) is 1.92. The minimum Gasteiger partial charge on any atom is -0.463 e. The molecule has 4 aromatic heterocycles. The number of nitrogens with zero attached hydrogens (tertiary/aromatic N) is 7. The molecule has 0 aliphatic carbocycles. The standard InChI is InChI=1S/C25H27FN8O3S/c1-30-22-20-15-18(21-4-3-13-37-21)29-34(20)24(27)28-23(22)33(25(30)35)12-9-31-7-10-32(11-8-31)19-6-5-16(38(2)36)14-17(19)26/h3-6,13-15H,7-12H2,1-2H3,(H2,27,28).